The van der Waals surface area contributed by atoms with Crippen molar-refractivity contribution in [1.29, 1.82) is 0 Å². The van der Waals surface area contributed by atoms with E-state index in [0.717, 1.165) is 18.4 Å². The van der Waals surface area contributed by atoms with E-state index in [1.807, 2.05) is 6.92 Å². The number of carbonyl (C=O) groups excluding carboxylic acids is 1. The van der Waals surface area contributed by atoms with Crippen LogP contribution < -0.4 is 5.32 Å². The van der Waals surface area contributed by atoms with Gasteiger partial charge in [0.25, 0.3) is 0 Å². The lowest BCUT2D eigenvalue weighted by Crippen LogP contribution is -2.26. The van der Waals surface area contributed by atoms with Crippen molar-refractivity contribution < 1.29 is 18.3 Å². The second kappa shape index (κ2) is 9.48. The minimum atomic E-state index is -0.491. The molecule has 3 nitrogen and oxygen atoms in total. The van der Waals surface area contributed by atoms with Gasteiger partial charge in [-0.2, -0.15) is 0 Å². The molecule has 0 saturated carbocycles. The van der Waals surface area contributed by atoms with Crippen LogP contribution >= 0.6 is 11.6 Å². The lowest BCUT2D eigenvalue weighted by molar-refractivity contribution is -0.117. The van der Waals surface area contributed by atoms with Gasteiger partial charge in [0.05, 0.1) is 5.02 Å². The number of carbonyl (C=O) groups is 1. The first kappa shape index (κ1) is 20.7. The van der Waals surface area contributed by atoms with Gasteiger partial charge in [-0.1, -0.05) is 30.7 Å². The van der Waals surface area contributed by atoms with E-state index in [2.05, 4.69) is 5.32 Å². The highest BCUT2D eigenvalue weighted by Crippen LogP contribution is 2.36. The Hall–Kier alpha value is -1.98. The average molecular weight is 408 g/mol. The molecule has 1 amide bonds. The van der Waals surface area contributed by atoms with Gasteiger partial charge < -0.3 is 10.1 Å². The predicted molar refractivity (Wildman–Crippen MR) is 107 cm³/mol. The molecule has 0 spiro atoms. The maximum absolute atomic E-state index is 14.0. The fraction of sp³-hybridized carbons (Fsp3) is 0.409. The van der Waals surface area contributed by atoms with Crippen LogP contribution in [0.2, 0.25) is 5.02 Å². The fourth-order valence-corrected chi connectivity index (χ4v) is 3.97. The number of nitrogens with one attached hydrogen (secondary N) is 1. The highest BCUT2D eigenvalue weighted by Gasteiger charge is 2.28. The summed E-state index contributed by atoms with van der Waals surface area (Å²) in [5.74, 6) is -0.990. The van der Waals surface area contributed by atoms with Crippen LogP contribution in [-0.4, -0.2) is 19.1 Å². The summed E-state index contributed by atoms with van der Waals surface area (Å²) < 4.78 is 33.5. The maximum Gasteiger partial charge on any atom is 0.225 e. The second-order valence-electron chi connectivity index (χ2n) is 7.10. The molecular weight excluding hydrogens is 384 g/mol. The van der Waals surface area contributed by atoms with E-state index in [-0.39, 0.29) is 35.0 Å². The largest absolute Gasteiger partial charge is 0.381 e. The van der Waals surface area contributed by atoms with Gasteiger partial charge in [-0.15, -0.1) is 0 Å². The van der Waals surface area contributed by atoms with Crippen LogP contribution in [0.3, 0.4) is 0 Å². The molecule has 1 aliphatic heterocycles. The highest BCUT2D eigenvalue weighted by atomic mass is 35.5. The summed E-state index contributed by atoms with van der Waals surface area (Å²) in [5.41, 5.74) is 1.72. The van der Waals surface area contributed by atoms with E-state index in [1.54, 1.807) is 18.2 Å². The first-order valence-electron chi connectivity index (χ1n) is 9.59. The number of benzene rings is 2. The number of ether oxygens (including phenoxy) is 1. The van der Waals surface area contributed by atoms with E-state index in [9.17, 15) is 13.6 Å². The summed E-state index contributed by atoms with van der Waals surface area (Å²) >= 11 is 5.82. The van der Waals surface area contributed by atoms with Crippen LogP contribution in [0, 0.1) is 17.6 Å². The third kappa shape index (κ3) is 4.89. The van der Waals surface area contributed by atoms with Crippen LogP contribution in [0.1, 0.15) is 43.2 Å². The highest BCUT2D eigenvalue weighted by molar-refractivity contribution is 6.30. The summed E-state index contributed by atoms with van der Waals surface area (Å²) in [7, 11) is 0. The van der Waals surface area contributed by atoms with Gasteiger partial charge in [0.1, 0.15) is 11.6 Å². The quantitative estimate of drug-likeness (QED) is 0.665. The van der Waals surface area contributed by atoms with Gasteiger partial charge in [0, 0.05) is 30.9 Å². The Labute approximate surface area is 169 Å². The Morgan fingerprint density at radius 3 is 2.64 bits per heavy atom. The fourth-order valence-electron chi connectivity index (χ4n) is 3.85. The molecule has 0 radical (unpaired) electrons. The molecule has 0 aliphatic carbocycles. The molecule has 2 aromatic rings. The first-order valence-corrected chi connectivity index (χ1v) is 9.97. The molecule has 0 aromatic heterocycles. The normalized spacial score (nSPS) is 16.0. The smallest absolute Gasteiger partial charge is 0.225 e. The van der Waals surface area contributed by atoms with Crippen LogP contribution in [0.4, 0.5) is 14.5 Å². The zero-order chi connectivity index (χ0) is 20.1. The van der Waals surface area contributed by atoms with Crippen molar-refractivity contribution in [3.05, 3.63) is 64.2 Å². The maximum atomic E-state index is 14.0. The molecule has 1 fully saturated rings. The topological polar surface area (TPSA) is 38.3 Å². The minimum Gasteiger partial charge on any atom is -0.381 e. The number of amides is 1. The lowest BCUT2D eigenvalue weighted by Gasteiger charge is -2.30. The van der Waals surface area contributed by atoms with Gasteiger partial charge >= 0.3 is 0 Å². The SMILES string of the molecule is CCc1c(F)cccc1NC(=O)CC(c1ccc(Cl)c(F)c1)C1CCOCC1. The van der Waals surface area contributed by atoms with Crippen LogP contribution in [0.25, 0.3) is 0 Å². The van der Waals surface area contributed by atoms with E-state index >= 15 is 0 Å². The molecule has 150 valence electrons. The molecule has 1 atom stereocenters. The second-order valence-corrected chi connectivity index (χ2v) is 7.51. The van der Waals surface area contributed by atoms with Crippen molar-refractivity contribution in [3.63, 3.8) is 0 Å². The van der Waals surface area contributed by atoms with Crippen LogP contribution in [0.15, 0.2) is 36.4 Å². The molecule has 6 heteroatoms. The summed E-state index contributed by atoms with van der Waals surface area (Å²) in [6.07, 6.45) is 2.28. The molecule has 1 aliphatic rings. The Kier molecular flexibility index (Phi) is 7.03. The molecule has 3 rings (SSSR count). The van der Waals surface area contributed by atoms with Crippen molar-refractivity contribution >= 4 is 23.2 Å². The third-order valence-corrected chi connectivity index (χ3v) is 5.67. The molecular formula is C22H24ClF2NO2. The average Bonchev–Trinajstić information content (AvgIpc) is 2.69. The third-order valence-electron chi connectivity index (χ3n) is 5.36. The summed E-state index contributed by atoms with van der Waals surface area (Å²) in [5, 5.41) is 2.90. The van der Waals surface area contributed by atoms with E-state index in [1.165, 1.54) is 18.2 Å². The number of hydrogen-bond acceptors (Lipinski definition) is 2. The zero-order valence-electron chi connectivity index (χ0n) is 15.8. The summed E-state index contributed by atoms with van der Waals surface area (Å²) in [6.45, 7) is 3.10. The van der Waals surface area contributed by atoms with Crippen LogP contribution in [0.5, 0.6) is 0 Å². The predicted octanol–water partition coefficient (Wildman–Crippen LogP) is 5.72. The number of anilines is 1. The Balaban J connectivity index is 1.81. The molecule has 2 aromatic carbocycles. The Morgan fingerprint density at radius 2 is 1.96 bits per heavy atom. The van der Waals surface area contributed by atoms with Crippen molar-refractivity contribution in [2.24, 2.45) is 5.92 Å². The monoisotopic (exact) mass is 407 g/mol. The first-order chi connectivity index (χ1) is 13.5. The Morgan fingerprint density at radius 1 is 1.21 bits per heavy atom. The standard InChI is InChI=1S/C22H24ClF2NO2/c1-2-16-19(24)4-3-5-21(16)26-22(27)13-17(14-8-10-28-11-9-14)15-6-7-18(23)20(25)12-15/h3-7,12,14,17H,2,8-11,13H2,1H3,(H,26,27). The van der Waals surface area contributed by atoms with Gasteiger partial charge in [-0.05, 0) is 60.9 Å². The molecule has 1 unspecified atom stereocenters. The molecule has 28 heavy (non-hydrogen) atoms. The van der Waals surface area contributed by atoms with Gasteiger partial charge in [-0.3, -0.25) is 4.79 Å². The van der Waals surface area contributed by atoms with Crippen molar-refractivity contribution in [2.75, 3.05) is 18.5 Å². The summed E-state index contributed by atoms with van der Waals surface area (Å²) in [6, 6.07) is 9.38. The van der Waals surface area contributed by atoms with Crippen LogP contribution in [-0.2, 0) is 16.0 Å². The van der Waals surface area contributed by atoms with Crippen molar-refractivity contribution in [2.45, 2.75) is 38.5 Å². The molecule has 1 saturated heterocycles. The number of halogens is 3. The Bertz CT molecular complexity index is 837. The van der Waals surface area contributed by atoms with Gasteiger partial charge in [-0.25, -0.2) is 8.78 Å². The summed E-state index contributed by atoms with van der Waals surface area (Å²) in [4.78, 5) is 12.8. The molecule has 1 heterocycles. The van der Waals surface area contributed by atoms with E-state index < -0.39 is 5.82 Å². The number of hydrogen-bond donors (Lipinski definition) is 1. The van der Waals surface area contributed by atoms with Gasteiger partial charge in [0.15, 0.2) is 0 Å². The molecule has 1 N–H and O–H groups in total. The van der Waals surface area contributed by atoms with E-state index in [4.69, 9.17) is 16.3 Å². The van der Waals surface area contributed by atoms with Gasteiger partial charge in [0.2, 0.25) is 5.91 Å². The lowest BCUT2D eigenvalue weighted by atomic mass is 9.79. The zero-order valence-corrected chi connectivity index (χ0v) is 16.6. The van der Waals surface area contributed by atoms with Crippen molar-refractivity contribution in [1.82, 2.24) is 0 Å². The molecule has 0 bridgehead atoms. The number of rotatable bonds is 6. The van der Waals surface area contributed by atoms with Crippen molar-refractivity contribution in [3.8, 4) is 0 Å². The minimum absolute atomic E-state index is 0.0614. The van der Waals surface area contributed by atoms with E-state index in [0.29, 0.717) is 30.9 Å².